The molecule has 3 N–H and O–H groups in total. The number of amides is 1. The highest BCUT2D eigenvalue weighted by molar-refractivity contribution is 5.79. The molecule has 25 heavy (non-hydrogen) atoms. The van der Waals surface area contributed by atoms with Crippen LogP contribution in [-0.4, -0.2) is 40.3 Å². The Bertz CT molecular complexity index is 881. The molecule has 3 heterocycles. The Morgan fingerprint density at radius 3 is 2.80 bits per heavy atom. The maximum Gasteiger partial charge on any atom is 0.325 e. The maximum atomic E-state index is 12.3. The van der Waals surface area contributed by atoms with Crippen LogP contribution in [0.1, 0.15) is 22.7 Å². The first-order valence-electron chi connectivity index (χ1n) is 8.03. The van der Waals surface area contributed by atoms with E-state index in [1.165, 1.54) is 0 Å². The number of H-pyrrole nitrogens is 2. The fourth-order valence-electron chi connectivity index (χ4n) is 2.99. The Hall–Kier alpha value is -2.68. The van der Waals surface area contributed by atoms with Gasteiger partial charge in [0.25, 0.3) is 5.56 Å². The number of aryl methyl sites for hydroxylation is 2. The zero-order chi connectivity index (χ0) is 18.0. The average Bonchev–Trinajstić information content (AvgIpc) is 3.13. The summed E-state index contributed by atoms with van der Waals surface area (Å²) in [5.41, 5.74) is 0.312. The number of hydrogen-bond donors (Lipinski definition) is 3. The normalized spacial score (nSPS) is 19.9. The van der Waals surface area contributed by atoms with Gasteiger partial charge in [-0.3, -0.25) is 14.6 Å². The third kappa shape index (κ3) is 4.05. The summed E-state index contributed by atoms with van der Waals surface area (Å²) < 4.78 is 10.7. The van der Waals surface area contributed by atoms with Gasteiger partial charge in [-0.2, -0.15) is 0 Å². The van der Waals surface area contributed by atoms with Crippen LogP contribution < -0.4 is 16.6 Å². The molecule has 1 amide bonds. The van der Waals surface area contributed by atoms with Crippen LogP contribution in [0.5, 0.6) is 0 Å². The van der Waals surface area contributed by atoms with Gasteiger partial charge < -0.3 is 19.6 Å². The number of rotatable bonds is 5. The molecule has 1 saturated heterocycles. The molecule has 2 aromatic rings. The van der Waals surface area contributed by atoms with Gasteiger partial charge in [0.1, 0.15) is 5.76 Å². The summed E-state index contributed by atoms with van der Waals surface area (Å²) in [4.78, 5) is 40.0. The number of carbonyl (C=O) groups is 1. The molecular weight excluding hydrogens is 328 g/mol. The molecule has 0 aliphatic carbocycles. The second kappa shape index (κ2) is 7.06. The van der Waals surface area contributed by atoms with E-state index in [0.29, 0.717) is 25.3 Å². The van der Waals surface area contributed by atoms with Crippen LogP contribution in [0.4, 0.5) is 0 Å². The molecule has 134 valence electrons. The molecule has 0 unspecified atom stereocenters. The molecule has 2 aromatic heterocycles. The molecular formula is C16H20N4O5. The van der Waals surface area contributed by atoms with Crippen LogP contribution in [-0.2, 0) is 22.4 Å². The summed E-state index contributed by atoms with van der Waals surface area (Å²) in [6.07, 6.45) is 0.507. The summed E-state index contributed by atoms with van der Waals surface area (Å²) in [5.74, 6) is 0.529. The molecule has 0 radical (unpaired) electrons. The van der Waals surface area contributed by atoms with Gasteiger partial charge in [-0.05, 0) is 13.8 Å². The van der Waals surface area contributed by atoms with E-state index in [9.17, 15) is 14.4 Å². The first kappa shape index (κ1) is 17.2. The largest absolute Gasteiger partial charge is 0.379 e. The molecule has 1 aliphatic rings. The van der Waals surface area contributed by atoms with Crippen molar-refractivity contribution in [1.29, 1.82) is 0 Å². The number of nitrogens with one attached hydrogen (secondary N) is 3. The lowest BCUT2D eigenvalue weighted by molar-refractivity contribution is -0.121. The Balaban J connectivity index is 1.64. The third-order valence-electron chi connectivity index (χ3n) is 4.28. The van der Waals surface area contributed by atoms with Gasteiger partial charge in [-0.15, -0.1) is 0 Å². The van der Waals surface area contributed by atoms with E-state index in [2.05, 4.69) is 20.4 Å². The Kier molecular flexibility index (Phi) is 4.84. The number of aromatic amines is 2. The molecule has 0 aromatic carbocycles. The van der Waals surface area contributed by atoms with Crippen molar-refractivity contribution in [2.75, 3.05) is 13.2 Å². The molecule has 9 heteroatoms. The quantitative estimate of drug-likeness (QED) is 0.673. The first-order valence-corrected chi connectivity index (χ1v) is 8.03. The fourth-order valence-corrected chi connectivity index (χ4v) is 2.99. The van der Waals surface area contributed by atoms with E-state index in [1.54, 1.807) is 6.92 Å². The van der Waals surface area contributed by atoms with Crippen molar-refractivity contribution in [3.63, 3.8) is 0 Å². The fraction of sp³-hybridized carbons (Fsp3) is 0.500. The van der Waals surface area contributed by atoms with Crippen molar-refractivity contribution in [1.82, 2.24) is 20.4 Å². The van der Waals surface area contributed by atoms with Gasteiger partial charge in [0.2, 0.25) is 5.91 Å². The molecule has 1 aliphatic heterocycles. The highest BCUT2D eigenvalue weighted by atomic mass is 16.5. The molecule has 0 saturated carbocycles. The number of nitrogens with zero attached hydrogens (tertiary/aromatic N) is 1. The van der Waals surface area contributed by atoms with Gasteiger partial charge in [-0.1, -0.05) is 5.16 Å². The van der Waals surface area contributed by atoms with Gasteiger partial charge in [0, 0.05) is 29.7 Å². The summed E-state index contributed by atoms with van der Waals surface area (Å²) in [7, 11) is 0. The van der Waals surface area contributed by atoms with E-state index in [-0.39, 0.29) is 29.9 Å². The Morgan fingerprint density at radius 2 is 2.12 bits per heavy atom. The molecule has 0 bridgehead atoms. The topological polar surface area (TPSA) is 130 Å². The Morgan fingerprint density at radius 1 is 1.32 bits per heavy atom. The van der Waals surface area contributed by atoms with E-state index >= 15 is 0 Å². The highest BCUT2D eigenvalue weighted by Crippen LogP contribution is 2.20. The van der Waals surface area contributed by atoms with Crippen LogP contribution >= 0.6 is 0 Å². The predicted molar refractivity (Wildman–Crippen MR) is 87.3 cm³/mol. The lowest BCUT2D eigenvalue weighted by Gasteiger charge is -2.18. The average molecular weight is 348 g/mol. The van der Waals surface area contributed by atoms with Crippen LogP contribution in [0.25, 0.3) is 0 Å². The smallest absolute Gasteiger partial charge is 0.325 e. The maximum absolute atomic E-state index is 12.3. The van der Waals surface area contributed by atoms with E-state index in [4.69, 9.17) is 9.26 Å². The third-order valence-corrected chi connectivity index (χ3v) is 4.28. The minimum absolute atomic E-state index is 0.0752. The van der Waals surface area contributed by atoms with Crippen molar-refractivity contribution >= 4 is 5.91 Å². The second-order valence-corrected chi connectivity index (χ2v) is 6.30. The van der Waals surface area contributed by atoms with Crippen molar-refractivity contribution < 1.29 is 14.1 Å². The number of aromatic nitrogens is 3. The molecule has 2 atom stereocenters. The van der Waals surface area contributed by atoms with Gasteiger partial charge in [0.15, 0.2) is 0 Å². The van der Waals surface area contributed by atoms with Gasteiger partial charge in [-0.25, -0.2) is 4.79 Å². The molecule has 0 spiro atoms. The number of hydrogen-bond acceptors (Lipinski definition) is 6. The lowest BCUT2D eigenvalue weighted by Crippen LogP contribution is -2.42. The van der Waals surface area contributed by atoms with E-state index in [1.807, 2.05) is 13.0 Å². The zero-order valence-electron chi connectivity index (χ0n) is 14.0. The summed E-state index contributed by atoms with van der Waals surface area (Å²) in [6, 6.07) is 1.69. The molecule has 1 fully saturated rings. The van der Waals surface area contributed by atoms with Crippen molar-refractivity contribution in [2.24, 2.45) is 5.92 Å². The van der Waals surface area contributed by atoms with Crippen LogP contribution in [0, 0.1) is 19.8 Å². The second-order valence-electron chi connectivity index (χ2n) is 6.30. The van der Waals surface area contributed by atoms with Crippen LogP contribution in [0.2, 0.25) is 0 Å². The predicted octanol–water partition coefficient (Wildman–Crippen LogP) is -0.416. The summed E-state index contributed by atoms with van der Waals surface area (Å²) >= 11 is 0. The molecule has 9 nitrogen and oxygen atoms in total. The van der Waals surface area contributed by atoms with Crippen molar-refractivity contribution in [2.45, 2.75) is 32.7 Å². The summed E-state index contributed by atoms with van der Waals surface area (Å²) in [5, 5.41) is 6.76. The lowest BCUT2D eigenvalue weighted by atomic mass is 9.98. The van der Waals surface area contributed by atoms with Crippen molar-refractivity contribution in [3.8, 4) is 0 Å². The first-order chi connectivity index (χ1) is 11.9. The van der Waals surface area contributed by atoms with E-state index < -0.39 is 11.2 Å². The minimum atomic E-state index is -0.585. The van der Waals surface area contributed by atoms with Gasteiger partial charge >= 0.3 is 5.69 Å². The standard InChI is InChI=1S/C16H20N4O5/c1-8-3-11(25-20-8)4-10-6-24-7-13(10)18-14(21)5-12-9(2)17-16(23)19-15(12)22/h3,10,13H,4-7H2,1-2H3,(H,18,21)(H2,17,19,22,23)/t10-,13+/m1/s1. The summed E-state index contributed by atoms with van der Waals surface area (Å²) in [6.45, 7) is 4.36. The minimum Gasteiger partial charge on any atom is -0.379 e. The van der Waals surface area contributed by atoms with Crippen LogP contribution in [0.3, 0.4) is 0 Å². The zero-order valence-corrected chi connectivity index (χ0v) is 14.0. The molecule has 3 rings (SSSR count). The number of ether oxygens (including phenoxy) is 1. The van der Waals surface area contributed by atoms with Crippen molar-refractivity contribution in [3.05, 3.63) is 49.6 Å². The van der Waals surface area contributed by atoms with Crippen LogP contribution in [0.15, 0.2) is 20.2 Å². The monoisotopic (exact) mass is 348 g/mol. The number of carbonyl (C=O) groups excluding carboxylic acids is 1. The Labute approximate surface area is 142 Å². The highest BCUT2D eigenvalue weighted by Gasteiger charge is 2.31. The SMILES string of the molecule is Cc1cc(C[C@@H]2COC[C@@H]2NC(=O)Cc2c(C)[nH]c(=O)[nH]c2=O)on1. The van der Waals surface area contributed by atoms with E-state index in [0.717, 1.165) is 11.5 Å². The van der Waals surface area contributed by atoms with Gasteiger partial charge in [0.05, 0.1) is 31.4 Å².